The van der Waals surface area contributed by atoms with Crippen LogP contribution in [0.1, 0.15) is 34.7 Å². The smallest absolute Gasteiger partial charge is 0.339 e. The van der Waals surface area contributed by atoms with Gasteiger partial charge in [0.15, 0.2) is 5.76 Å². The number of anilines is 1. The number of rotatable bonds is 11. The van der Waals surface area contributed by atoms with Crippen LogP contribution < -0.4 is 13.8 Å². The Morgan fingerprint density at radius 3 is 2.34 bits per heavy atom. The molecule has 1 aliphatic rings. The zero-order valence-corrected chi connectivity index (χ0v) is 27.4. The van der Waals surface area contributed by atoms with E-state index in [1.807, 2.05) is 0 Å². The highest BCUT2D eigenvalue weighted by molar-refractivity contribution is 7.93. The van der Waals surface area contributed by atoms with Crippen LogP contribution in [-0.4, -0.2) is 63.2 Å². The molecule has 0 N–H and O–H groups in total. The van der Waals surface area contributed by atoms with Gasteiger partial charge in [0.25, 0.3) is 0 Å². The molecule has 0 saturated carbocycles. The zero-order chi connectivity index (χ0) is 32.0. The number of carbonyl (C=O) groups is 1. The molecule has 11 nitrogen and oxygen atoms in total. The number of ether oxygens (including phenoxy) is 3. The number of carbonyl (C=O) groups excluding carboxylic acids is 1. The van der Waals surface area contributed by atoms with E-state index in [9.17, 15) is 17.6 Å². The quantitative estimate of drug-likeness (QED) is 0.148. The Morgan fingerprint density at radius 2 is 1.75 bits per heavy atom. The lowest BCUT2D eigenvalue weighted by Gasteiger charge is -2.31. The fourth-order valence-corrected chi connectivity index (χ4v) is 7.75. The van der Waals surface area contributed by atoms with Gasteiger partial charge >= 0.3 is 5.97 Å². The minimum Gasteiger partial charge on any atom is -0.494 e. The van der Waals surface area contributed by atoms with Crippen molar-refractivity contribution in [2.45, 2.75) is 50.9 Å². The van der Waals surface area contributed by atoms with Crippen molar-refractivity contribution < 1.29 is 36.2 Å². The molecular weight excluding hydrogens is 608 g/mol. The highest BCUT2D eigenvalue weighted by Crippen LogP contribution is 2.42. The Bertz CT molecular complexity index is 1790. The van der Waals surface area contributed by atoms with E-state index in [0.29, 0.717) is 40.3 Å². The molecule has 14 heteroatoms. The monoisotopic (exact) mass is 642 g/mol. The van der Waals surface area contributed by atoms with E-state index in [-0.39, 0.29) is 23.9 Å². The number of aryl methyl sites for hydroxylation is 1. The molecular formula is C30H35FN4O7SSi. The van der Waals surface area contributed by atoms with E-state index in [4.69, 9.17) is 18.6 Å². The first-order chi connectivity index (χ1) is 20.8. The number of halogens is 1. The molecule has 0 amide bonds. The fourth-order valence-electron chi connectivity index (χ4n) is 5.09. The molecule has 234 valence electrons. The number of furan rings is 1. The van der Waals surface area contributed by atoms with Gasteiger partial charge in [-0.1, -0.05) is 31.8 Å². The van der Waals surface area contributed by atoms with Crippen molar-refractivity contribution in [1.82, 2.24) is 14.8 Å². The first kappa shape index (κ1) is 31.3. The lowest BCUT2D eigenvalue weighted by molar-refractivity contribution is 0.0385. The summed E-state index contributed by atoms with van der Waals surface area (Å²) in [7, 11) is -3.15. The molecule has 0 fully saturated rings. The van der Waals surface area contributed by atoms with Crippen molar-refractivity contribution in [1.29, 1.82) is 0 Å². The van der Waals surface area contributed by atoms with Crippen molar-refractivity contribution in [2.75, 3.05) is 25.1 Å². The zero-order valence-electron chi connectivity index (χ0n) is 25.6. The molecule has 0 spiro atoms. The number of cyclic esters (lactones) is 1. The number of nitrogens with zero attached hydrogens (tertiary/aromatic N) is 4. The number of para-hydroxylation sites is 1. The minimum atomic E-state index is -4.32. The summed E-state index contributed by atoms with van der Waals surface area (Å²) < 4.78 is 68.9. The fraction of sp³-hybridized carbons (Fsp3) is 0.367. The summed E-state index contributed by atoms with van der Waals surface area (Å²) in [5.74, 6) is 0.544. The Hall–Kier alpha value is -4.17. The molecule has 0 radical (unpaired) electrons. The molecule has 2 aromatic heterocycles. The van der Waals surface area contributed by atoms with E-state index in [1.54, 1.807) is 41.8 Å². The van der Waals surface area contributed by atoms with Crippen molar-refractivity contribution in [3.63, 3.8) is 0 Å². The van der Waals surface area contributed by atoms with Gasteiger partial charge in [0.05, 0.1) is 19.8 Å². The standard InChI is InChI=1S/C30H35FN4O7SSi/c1-18-11-14-25(41-18)28-32-33-30(35(28)26-23(39-3)9-8-10-24(26)40-4)34(15-16-44(5,6)7)43(37,38)19(2)27-21-13-12-20(31)17-22(21)29(36)42-27/h8-14,17,19,27H,15-16H2,1-7H3/t19-,27+/m0/s1. The van der Waals surface area contributed by atoms with Gasteiger partial charge in [-0.05, 0) is 56.3 Å². The number of benzene rings is 2. The first-order valence-corrected chi connectivity index (χ1v) is 19.2. The molecule has 1 aliphatic heterocycles. The molecule has 0 aliphatic carbocycles. The number of aromatic nitrogens is 3. The van der Waals surface area contributed by atoms with Gasteiger partial charge in [-0.25, -0.2) is 21.9 Å². The van der Waals surface area contributed by atoms with Crippen molar-refractivity contribution >= 4 is 30.0 Å². The highest BCUT2D eigenvalue weighted by atomic mass is 32.2. The summed E-state index contributed by atoms with van der Waals surface area (Å²) in [6, 6.07) is 12.9. The lowest BCUT2D eigenvalue weighted by atomic mass is 10.0. The van der Waals surface area contributed by atoms with Gasteiger partial charge in [0, 0.05) is 20.2 Å². The molecule has 44 heavy (non-hydrogen) atoms. The largest absolute Gasteiger partial charge is 0.494 e. The third kappa shape index (κ3) is 5.71. The van der Waals surface area contributed by atoms with Crippen LogP contribution in [0.5, 0.6) is 11.5 Å². The number of hydrogen-bond acceptors (Lipinski definition) is 9. The Balaban J connectivity index is 1.73. The third-order valence-electron chi connectivity index (χ3n) is 7.50. The normalized spacial score (nSPS) is 15.5. The van der Waals surface area contributed by atoms with Crippen molar-refractivity contribution in [2.24, 2.45) is 0 Å². The topological polar surface area (TPSA) is 126 Å². The lowest BCUT2D eigenvalue weighted by Crippen LogP contribution is -2.44. The SMILES string of the molecule is COc1cccc(OC)c1-n1c(-c2ccc(C)o2)nnc1N(CC[Si](C)(C)C)S(=O)(=O)[C@@H](C)[C@H]1OC(=O)c2cc(F)ccc21. The number of sulfonamides is 1. The molecule has 0 saturated heterocycles. The van der Waals surface area contributed by atoms with Crippen molar-refractivity contribution in [3.05, 3.63) is 71.2 Å². The first-order valence-electron chi connectivity index (χ1n) is 14.0. The Labute approximate surface area is 256 Å². The van der Waals surface area contributed by atoms with Gasteiger partial charge in [-0.15, -0.1) is 10.2 Å². The summed E-state index contributed by atoms with van der Waals surface area (Å²) in [5, 5.41) is 7.56. The Kier molecular flexibility index (Phi) is 8.33. The van der Waals surface area contributed by atoms with Crippen LogP contribution >= 0.6 is 0 Å². The molecule has 4 aromatic rings. The number of fused-ring (bicyclic) bond motifs is 1. The van der Waals surface area contributed by atoms with E-state index in [1.165, 1.54) is 37.6 Å². The van der Waals surface area contributed by atoms with E-state index in [2.05, 4.69) is 29.8 Å². The van der Waals surface area contributed by atoms with Gasteiger partial charge in [0.2, 0.25) is 21.8 Å². The Morgan fingerprint density at radius 1 is 1.07 bits per heavy atom. The highest BCUT2D eigenvalue weighted by Gasteiger charge is 2.45. The second kappa shape index (κ2) is 11.7. The second-order valence-electron chi connectivity index (χ2n) is 11.8. The molecule has 0 bridgehead atoms. The molecule has 0 unspecified atom stereocenters. The summed E-state index contributed by atoms with van der Waals surface area (Å²) in [4.78, 5) is 12.6. The third-order valence-corrected chi connectivity index (χ3v) is 11.4. The van der Waals surface area contributed by atoms with Gasteiger partial charge < -0.3 is 18.6 Å². The van der Waals surface area contributed by atoms with Gasteiger partial charge in [-0.3, -0.25) is 4.57 Å². The molecule has 5 rings (SSSR count). The van der Waals surface area contributed by atoms with E-state index in [0.717, 1.165) is 6.07 Å². The maximum atomic E-state index is 14.7. The number of esters is 1. The summed E-state index contributed by atoms with van der Waals surface area (Å²) in [6.45, 7) is 9.73. The molecule has 3 heterocycles. The maximum absolute atomic E-state index is 14.7. The number of methoxy groups -OCH3 is 2. The summed E-state index contributed by atoms with van der Waals surface area (Å²) >= 11 is 0. The van der Waals surface area contributed by atoms with Crippen LogP contribution in [0.2, 0.25) is 25.7 Å². The van der Waals surface area contributed by atoms with E-state index >= 15 is 0 Å². The second-order valence-corrected chi connectivity index (χ2v) is 19.6. The van der Waals surface area contributed by atoms with Gasteiger partial charge in [-0.2, -0.15) is 0 Å². The predicted octanol–water partition coefficient (Wildman–Crippen LogP) is 5.77. The molecule has 2 atom stereocenters. The number of hydrogen-bond donors (Lipinski definition) is 0. The average Bonchev–Trinajstić information content (AvgIpc) is 3.68. The maximum Gasteiger partial charge on any atom is 0.339 e. The van der Waals surface area contributed by atoms with Crippen LogP contribution in [0.3, 0.4) is 0 Å². The van der Waals surface area contributed by atoms with E-state index < -0.39 is 41.2 Å². The predicted molar refractivity (Wildman–Crippen MR) is 165 cm³/mol. The van der Waals surface area contributed by atoms with Crippen LogP contribution in [-0.2, 0) is 14.8 Å². The summed E-state index contributed by atoms with van der Waals surface area (Å²) in [6.07, 6.45) is -1.16. The minimum absolute atomic E-state index is 0.00287. The van der Waals surface area contributed by atoms with Crippen LogP contribution in [0.4, 0.5) is 10.3 Å². The van der Waals surface area contributed by atoms with Gasteiger partial charge in [0.1, 0.15) is 40.1 Å². The van der Waals surface area contributed by atoms with Crippen LogP contribution in [0.15, 0.2) is 52.9 Å². The average molecular weight is 643 g/mol. The summed E-state index contributed by atoms with van der Waals surface area (Å²) in [5.41, 5.74) is 0.677. The van der Waals surface area contributed by atoms with Crippen LogP contribution in [0, 0.1) is 12.7 Å². The van der Waals surface area contributed by atoms with Crippen LogP contribution in [0.25, 0.3) is 17.3 Å². The van der Waals surface area contributed by atoms with Crippen molar-refractivity contribution in [3.8, 4) is 28.8 Å². The molecule has 2 aromatic carbocycles.